The highest BCUT2D eigenvalue weighted by molar-refractivity contribution is 5.85. The van der Waals surface area contributed by atoms with Gasteiger partial charge in [0.1, 0.15) is 0 Å². The molecule has 0 bridgehead atoms. The van der Waals surface area contributed by atoms with Crippen LogP contribution in [0, 0.1) is 12.3 Å². The van der Waals surface area contributed by atoms with Gasteiger partial charge >= 0.3 is 0 Å². The minimum atomic E-state index is -0.101. The number of ether oxygens (including phenoxy) is 1. The first kappa shape index (κ1) is 11.7. The highest BCUT2D eigenvalue weighted by atomic mass is 16.5. The van der Waals surface area contributed by atoms with Gasteiger partial charge in [-0.15, -0.1) is 0 Å². The van der Waals surface area contributed by atoms with Crippen molar-refractivity contribution in [1.82, 2.24) is 4.98 Å². The molecule has 1 aliphatic heterocycles. The second kappa shape index (κ2) is 4.09. The Morgan fingerprint density at radius 1 is 1.39 bits per heavy atom. The summed E-state index contributed by atoms with van der Waals surface area (Å²) in [6, 6.07) is 8.17. The number of nitrogens with one attached hydrogen (secondary N) is 1. The molecule has 0 aliphatic carbocycles. The summed E-state index contributed by atoms with van der Waals surface area (Å²) in [5.41, 5.74) is 15.7. The van der Waals surface area contributed by atoms with Crippen LogP contribution in [0.3, 0.4) is 0 Å². The molecule has 2 heterocycles. The van der Waals surface area contributed by atoms with Crippen molar-refractivity contribution in [3.05, 3.63) is 35.5 Å². The number of hydrogen-bond acceptors (Lipinski definition) is 3. The predicted molar refractivity (Wildman–Crippen MR) is 72.3 cm³/mol. The van der Waals surface area contributed by atoms with Gasteiger partial charge in [0.2, 0.25) is 0 Å². The summed E-state index contributed by atoms with van der Waals surface area (Å²) in [6.45, 7) is 3.94. The lowest BCUT2D eigenvalue weighted by Crippen LogP contribution is -2.55. The van der Waals surface area contributed by atoms with Crippen molar-refractivity contribution in [2.75, 3.05) is 19.8 Å². The zero-order chi connectivity index (χ0) is 12.8. The summed E-state index contributed by atoms with van der Waals surface area (Å²) in [6.07, 6.45) is 0. The van der Waals surface area contributed by atoms with Gasteiger partial charge in [-0.05, 0) is 18.6 Å². The van der Waals surface area contributed by atoms with Crippen molar-refractivity contribution < 1.29 is 4.74 Å². The van der Waals surface area contributed by atoms with Crippen LogP contribution in [-0.2, 0) is 4.74 Å². The maximum atomic E-state index is 6.48. The Labute approximate surface area is 106 Å². The Balaban J connectivity index is 2.11. The van der Waals surface area contributed by atoms with Crippen LogP contribution in [0.4, 0.5) is 0 Å². The monoisotopic (exact) mass is 245 g/mol. The van der Waals surface area contributed by atoms with E-state index in [1.54, 1.807) is 0 Å². The van der Waals surface area contributed by atoms with Gasteiger partial charge in [0.15, 0.2) is 0 Å². The fourth-order valence-electron chi connectivity index (χ4n) is 2.79. The van der Waals surface area contributed by atoms with Crippen LogP contribution >= 0.6 is 0 Å². The number of benzene rings is 1. The van der Waals surface area contributed by atoms with Gasteiger partial charge < -0.3 is 21.2 Å². The van der Waals surface area contributed by atoms with E-state index in [0.29, 0.717) is 19.8 Å². The molecule has 4 heteroatoms. The molecule has 0 amide bonds. The van der Waals surface area contributed by atoms with E-state index in [4.69, 9.17) is 16.2 Å². The SMILES string of the molecule is Cc1[nH]c2ccccc2c1C(N)C1(CN)COC1. The van der Waals surface area contributed by atoms with E-state index in [1.807, 2.05) is 12.1 Å². The Kier molecular flexibility index (Phi) is 2.66. The summed E-state index contributed by atoms with van der Waals surface area (Å²) in [7, 11) is 0. The third-order valence-corrected chi connectivity index (χ3v) is 4.10. The van der Waals surface area contributed by atoms with Gasteiger partial charge in [-0.1, -0.05) is 18.2 Å². The van der Waals surface area contributed by atoms with Gasteiger partial charge in [0.25, 0.3) is 0 Å². The van der Waals surface area contributed by atoms with Crippen LogP contribution in [0.25, 0.3) is 10.9 Å². The topological polar surface area (TPSA) is 77.1 Å². The van der Waals surface area contributed by atoms with Crippen LogP contribution in [0.5, 0.6) is 0 Å². The highest BCUT2D eigenvalue weighted by Crippen LogP contribution is 2.41. The van der Waals surface area contributed by atoms with Gasteiger partial charge in [-0.2, -0.15) is 0 Å². The molecule has 0 radical (unpaired) electrons. The van der Waals surface area contributed by atoms with Gasteiger partial charge in [0.05, 0.1) is 13.2 Å². The summed E-state index contributed by atoms with van der Waals surface area (Å²) in [5.74, 6) is 0. The molecule has 2 aromatic rings. The van der Waals surface area contributed by atoms with E-state index in [0.717, 1.165) is 11.2 Å². The first-order valence-corrected chi connectivity index (χ1v) is 6.28. The van der Waals surface area contributed by atoms with Crippen LogP contribution in [0.2, 0.25) is 0 Å². The number of fused-ring (bicyclic) bond motifs is 1. The van der Waals surface area contributed by atoms with Crippen LogP contribution < -0.4 is 11.5 Å². The quantitative estimate of drug-likeness (QED) is 0.766. The lowest BCUT2D eigenvalue weighted by molar-refractivity contribution is -0.121. The maximum absolute atomic E-state index is 6.48. The largest absolute Gasteiger partial charge is 0.380 e. The fraction of sp³-hybridized carbons (Fsp3) is 0.429. The molecule has 1 saturated heterocycles. The predicted octanol–water partition coefficient (Wildman–Crippen LogP) is 1.45. The molecule has 5 N–H and O–H groups in total. The van der Waals surface area contributed by atoms with E-state index < -0.39 is 0 Å². The molecule has 0 saturated carbocycles. The Morgan fingerprint density at radius 2 is 2.11 bits per heavy atom. The maximum Gasteiger partial charge on any atom is 0.0575 e. The average molecular weight is 245 g/mol. The number of para-hydroxylation sites is 1. The third-order valence-electron chi connectivity index (χ3n) is 4.10. The second-order valence-corrected chi connectivity index (χ2v) is 5.25. The summed E-state index contributed by atoms with van der Waals surface area (Å²) < 4.78 is 5.33. The molecule has 1 aromatic heterocycles. The molecule has 1 aromatic carbocycles. The molecule has 18 heavy (non-hydrogen) atoms. The van der Waals surface area contributed by atoms with E-state index in [9.17, 15) is 0 Å². The Hall–Kier alpha value is -1.36. The first-order chi connectivity index (χ1) is 8.68. The molecule has 1 unspecified atom stereocenters. The van der Waals surface area contributed by atoms with Crippen molar-refractivity contribution in [3.63, 3.8) is 0 Å². The first-order valence-electron chi connectivity index (χ1n) is 6.28. The Morgan fingerprint density at radius 3 is 2.72 bits per heavy atom. The van der Waals surface area contributed by atoms with Crippen molar-refractivity contribution in [1.29, 1.82) is 0 Å². The molecule has 0 spiro atoms. The highest BCUT2D eigenvalue weighted by Gasteiger charge is 2.44. The van der Waals surface area contributed by atoms with Crippen molar-refractivity contribution >= 4 is 10.9 Å². The molecular formula is C14H19N3O. The van der Waals surface area contributed by atoms with E-state index in [1.165, 1.54) is 10.9 Å². The van der Waals surface area contributed by atoms with Gasteiger partial charge in [0, 0.05) is 34.6 Å². The molecule has 3 rings (SSSR count). The minimum absolute atomic E-state index is 0.0765. The number of rotatable bonds is 3. The van der Waals surface area contributed by atoms with E-state index >= 15 is 0 Å². The normalized spacial score (nSPS) is 19.7. The fourth-order valence-corrected chi connectivity index (χ4v) is 2.79. The number of aromatic amines is 1. The summed E-state index contributed by atoms with van der Waals surface area (Å²) in [4.78, 5) is 3.39. The summed E-state index contributed by atoms with van der Waals surface area (Å²) in [5, 5.41) is 1.20. The van der Waals surface area contributed by atoms with Gasteiger partial charge in [-0.3, -0.25) is 0 Å². The lowest BCUT2D eigenvalue weighted by atomic mass is 9.75. The average Bonchev–Trinajstić information content (AvgIpc) is 2.63. The van der Waals surface area contributed by atoms with Crippen LogP contribution in [0.15, 0.2) is 24.3 Å². The molecule has 1 atom stereocenters. The molecular weight excluding hydrogens is 226 g/mol. The van der Waals surface area contributed by atoms with Crippen LogP contribution in [-0.4, -0.2) is 24.7 Å². The third kappa shape index (κ3) is 1.50. The smallest absolute Gasteiger partial charge is 0.0575 e. The summed E-state index contributed by atoms with van der Waals surface area (Å²) >= 11 is 0. The van der Waals surface area contributed by atoms with Crippen molar-refractivity contribution in [2.45, 2.75) is 13.0 Å². The number of nitrogens with two attached hydrogens (primary N) is 2. The number of aryl methyl sites for hydroxylation is 1. The number of hydrogen-bond donors (Lipinski definition) is 3. The zero-order valence-electron chi connectivity index (χ0n) is 10.6. The molecule has 1 aliphatic rings. The Bertz CT molecular complexity index is 566. The zero-order valence-corrected chi connectivity index (χ0v) is 10.6. The molecule has 1 fully saturated rings. The van der Waals surface area contributed by atoms with Gasteiger partial charge in [-0.25, -0.2) is 0 Å². The second-order valence-electron chi connectivity index (χ2n) is 5.25. The molecule has 4 nitrogen and oxygen atoms in total. The standard InChI is InChI=1S/C14H19N3O/c1-9-12(10-4-2-3-5-11(10)17-9)13(16)14(6-15)7-18-8-14/h2-5,13,17H,6-8,15-16H2,1H3. The van der Waals surface area contributed by atoms with Crippen LogP contribution in [0.1, 0.15) is 17.3 Å². The number of aromatic nitrogens is 1. The minimum Gasteiger partial charge on any atom is -0.380 e. The van der Waals surface area contributed by atoms with Crippen molar-refractivity contribution in [3.8, 4) is 0 Å². The van der Waals surface area contributed by atoms with Crippen molar-refractivity contribution in [2.24, 2.45) is 16.9 Å². The lowest BCUT2D eigenvalue weighted by Gasteiger charge is -2.45. The van der Waals surface area contributed by atoms with E-state index in [2.05, 4.69) is 24.0 Å². The molecule has 96 valence electrons. The van der Waals surface area contributed by atoms with E-state index in [-0.39, 0.29) is 11.5 Å². The number of H-pyrrole nitrogens is 1.